The number of nitrogens with zero attached hydrogens (tertiary/aromatic N) is 1. The van der Waals surface area contributed by atoms with Crippen molar-refractivity contribution in [2.24, 2.45) is 0 Å². The van der Waals surface area contributed by atoms with Gasteiger partial charge >= 0.3 is 0 Å². The summed E-state index contributed by atoms with van der Waals surface area (Å²) in [5.41, 5.74) is 3.18. The first kappa shape index (κ1) is 17.6. The van der Waals surface area contributed by atoms with Crippen LogP contribution in [0.1, 0.15) is 35.7 Å². The zero-order chi connectivity index (χ0) is 18.5. The van der Waals surface area contributed by atoms with Crippen LogP contribution in [0.25, 0.3) is 0 Å². The van der Waals surface area contributed by atoms with Gasteiger partial charge in [0.25, 0.3) is 5.91 Å². The molecule has 0 aliphatic heterocycles. The summed E-state index contributed by atoms with van der Waals surface area (Å²) in [5, 5.41) is 5.78. The fourth-order valence-corrected chi connectivity index (χ4v) is 2.51. The summed E-state index contributed by atoms with van der Waals surface area (Å²) in [6.07, 6.45) is 3.02. The topological polar surface area (TPSA) is 54.0 Å². The number of carbonyl (C=O) groups is 1. The Morgan fingerprint density at radius 2 is 1.73 bits per heavy atom. The number of hydrogen-bond donors (Lipinski definition) is 2. The monoisotopic (exact) mass is 349 g/mol. The predicted octanol–water partition coefficient (Wildman–Crippen LogP) is 5.34. The Morgan fingerprint density at radius 3 is 2.42 bits per heavy atom. The molecule has 0 fully saturated rings. The van der Waals surface area contributed by atoms with Crippen molar-refractivity contribution >= 4 is 23.0 Å². The van der Waals surface area contributed by atoms with Gasteiger partial charge in [-0.2, -0.15) is 0 Å². The smallest absolute Gasteiger partial charge is 0.257 e. The standard InChI is InChI=1S/C21H20FN3O/c1-14(2)15-7-9-17(10-8-15)25-21(26)16-11-18(13-23-12-16)24-20-6-4-3-5-19(20)22/h3-14,24H,1-2H3,(H,25,26). The Bertz CT molecular complexity index is 907. The molecule has 0 aliphatic carbocycles. The fraction of sp³-hybridized carbons (Fsp3) is 0.143. The molecule has 3 rings (SSSR count). The highest BCUT2D eigenvalue weighted by atomic mass is 19.1. The lowest BCUT2D eigenvalue weighted by molar-refractivity contribution is 0.102. The largest absolute Gasteiger partial charge is 0.352 e. The van der Waals surface area contributed by atoms with Gasteiger partial charge in [-0.1, -0.05) is 38.1 Å². The number of hydrogen-bond acceptors (Lipinski definition) is 3. The second-order valence-corrected chi connectivity index (χ2v) is 6.30. The molecule has 0 saturated heterocycles. The van der Waals surface area contributed by atoms with Gasteiger partial charge in [0, 0.05) is 11.9 Å². The molecular weight excluding hydrogens is 329 g/mol. The summed E-state index contributed by atoms with van der Waals surface area (Å²) in [6, 6.07) is 15.7. The molecule has 3 aromatic rings. The quantitative estimate of drug-likeness (QED) is 0.654. The molecular formula is C21H20FN3O. The van der Waals surface area contributed by atoms with E-state index in [2.05, 4.69) is 29.5 Å². The molecule has 1 amide bonds. The van der Waals surface area contributed by atoms with Gasteiger partial charge in [0.1, 0.15) is 5.82 Å². The third-order valence-corrected chi connectivity index (χ3v) is 3.99. The number of para-hydroxylation sites is 1. The third-order valence-electron chi connectivity index (χ3n) is 3.99. The van der Waals surface area contributed by atoms with Crippen LogP contribution in [0.3, 0.4) is 0 Å². The number of pyridine rings is 1. The number of amides is 1. The van der Waals surface area contributed by atoms with E-state index < -0.39 is 0 Å². The van der Waals surface area contributed by atoms with E-state index in [1.165, 1.54) is 17.8 Å². The number of carbonyl (C=O) groups excluding carboxylic acids is 1. The molecule has 4 nitrogen and oxygen atoms in total. The van der Waals surface area contributed by atoms with Crippen LogP contribution >= 0.6 is 0 Å². The highest BCUT2D eigenvalue weighted by Gasteiger charge is 2.09. The molecule has 2 N–H and O–H groups in total. The Kier molecular flexibility index (Phi) is 5.27. The molecule has 0 spiro atoms. The lowest BCUT2D eigenvalue weighted by Gasteiger charge is -2.10. The number of nitrogens with one attached hydrogen (secondary N) is 2. The number of rotatable bonds is 5. The van der Waals surface area contributed by atoms with Crippen molar-refractivity contribution in [3.05, 3.63) is 83.9 Å². The SMILES string of the molecule is CC(C)c1ccc(NC(=O)c2cncc(Nc3ccccc3F)c2)cc1. The predicted molar refractivity (Wildman–Crippen MR) is 102 cm³/mol. The molecule has 5 heteroatoms. The first-order valence-corrected chi connectivity index (χ1v) is 8.41. The second kappa shape index (κ2) is 7.78. The summed E-state index contributed by atoms with van der Waals surface area (Å²) in [7, 11) is 0. The number of halogens is 1. The number of benzene rings is 2. The van der Waals surface area contributed by atoms with E-state index in [-0.39, 0.29) is 11.7 Å². The minimum absolute atomic E-state index is 0.271. The highest BCUT2D eigenvalue weighted by molar-refractivity contribution is 6.04. The minimum Gasteiger partial charge on any atom is -0.352 e. The zero-order valence-electron chi connectivity index (χ0n) is 14.7. The molecule has 2 aromatic carbocycles. The van der Waals surface area contributed by atoms with Crippen LogP contribution in [0, 0.1) is 5.82 Å². The lowest BCUT2D eigenvalue weighted by atomic mass is 10.0. The molecule has 0 unspecified atom stereocenters. The van der Waals surface area contributed by atoms with Crippen molar-refractivity contribution in [3.63, 3.8) is 0 Å². The molecule has 1 aromatic heterocycles. The molecule has 0 saturated carbocycles. The maximum Gasteiger partial charge on any atom is 0.257 e. The summed E-state index contributed by atoms with van der Waals surface area (Å²) < 4.78 is 13.7. The van der Waals surface area contributed by atoms with Crippen molar-refractivity contribution in [1.82, 2.24) is 4.98 Å². The summed E-state index contributed by atoms with van der Waals surface area (Å²) in [6.45, 7) is 4.24. The maximum absolute atomic E-state index is 13.7. The second-order valence-electron chi connectivity index (χ2n) is 6.30. The number of anilines is 3. The fourth-order valence-electron chi connectivity index (χ4n) is 2.51. The van der Waals surface area contributed by atoms with E-state index in [0.717, 1.165) is 0 Å². The Morgan fingerprint density at radius 1 is 1.00 bits per heavy atom. The lowest BCUT2D eigenvalue weighted by Crippen LogP contribution is -2.12. The molecule has 26 heavy (non-hydrogen) atoms. The van der Waals surface area contributed by atoms with E-state index >= 15 is 0 Å². The van der Waals surface area contributed by atoms with Crippen molar-refractivity contribution in [2.75, 3.05) is 10.6 Å². The van der Waals surface area contributed by atoms with E-state index in [9.17, 15) is 9.18 Å². The number of aromatic nitrogens is 1. The summed E-state index contributed by atoms with van der Waals surface area (Å²) in [5.74, 6) is -0.204. The van der Waals surface area contributed by atoms with Crippen molar-refractivity contribution in [2.45, 2.75) is 19.8 Å². The van der Waals surface area contributed by atoms with Crippen LogP contribution in [0.15, 0.2) is 67.0 Å². The summed E-state index contributed by atoms with van der Waals surface area (Å²) >= 11 is 0. The van der Waals surface area contributed by atoms with Gasteiger partial charge in [-0.25, -0.2) is 4.39 Å². The molecule has 1 heterocycles. The molecule has 0 bridgehead atoms. The van der Waals surface area contributed by atoms with Crippen LogP contribution in [0.4, 0.5) is 21.5 Å². The van der Waals surface area contributed by atoms with Gasteiger partial charge in [0.2, 0.25) is 0 Å². The Labute approximate surface area is 152 Å². The molecule has 132 valence electrons. The van der Waals surface area contributed by atoms with Gasteiger partial charge in [0.15, 0.2) is 0 Å². The zero-order valence-corrected chi connectivity index (χ0v) is 14.7. The van der Waals surface area contributed by atoms with Gasteiger partial charge in [-0.3, -0.25) is 9.78 Å². The van der Waals surface area contributed by atoms with E-state index in [4.69, 9.17) is 0 Å². The molecule has 0 radical (unpaired) electrons. The first-order valence-electron chi connectivity index (χ1n) is 8.41. The normalized spacial score (nSPS) is 10.6. The summed E-state index contributed by atoms with van der Waals surface area (Å²) in [4.78, 5) is 16.5. The Hall–Kier alpha value is -3.21. The first-order chi connectivity index (χ1) is 12.5. The average Bonchev–Trinajstić information content (AvgIpc) is 2.64. The third kappa shape index (κ3) is 4.25. The van der Waals surface area contributed by atoms with Crippen LogP contribution in [0.5, 0.6) is 0 Å². The van der Waals surface area contributed by atoms with Gasteiger partial charge in [-0.15, -0.1) is 0 Å². The van der Waals surface area contributed by atoms with Crippen molar-refractivity contribution < 1.29 is 9.18 Å². The Balaban J connectivity index is 1.73. The molecule has 0 atom stereocenters. The van der Waals surface area contributed by atoms with Crippen molar-refractivity contribution in [1.29, 1.82) is 0 Å². The van der Waals surface area contributed by atoms with Gasteiger partial charge in [-0.05, 0) is 41.8 Å². The van der Waals surface area contributed by atoms with Gasteiger partial charge in [0.05, 0.1) is 23.1 Å². The minimum atomic E-state index is -0.368. The van der Waals surface area contributed by atoms with E-state index in [1.54, 1.807) is 30.5 Å². The van der Waals surface area contributed by atoms with Gasteiger partial charge < -0.3 is 10.6 Å². The molecule has 0 aliphatic rings. The van der Waals surface area contributed by atoms with Crippen LogP contribution in [0.2, 0.25) is 0 Å². The van der Waals surface area contributed by atoms with E-state index in [1.807, 2.05) is 24.3 Å². The van der Waals surface area contributed by atoms with Crippen molar-refractivity contribution in [3.8, 4) is 0 Å². The highest BCUT2D eigenvalue weighted by Crippen LogP contribution is 2.21. The average molecular weight is 349 g/mol. The van der Waals surface area contributed by atoms with Crippen LogP contribution < -0.4 is 10.6 Å². The maximum atomic E-state index is 13.7. The van der Waals surface area contributed by atoms with E-state index in [0.29, 0.717) is 28.5 Å². The van der Waals surface area contributed by atoms with Crippen LogP contribution in [-0.4, -0.2) is 10.9 Å². The van der Waals surface area contributed by atoms with Crippen LogP contribution in [-0.2, 0) is 0 Å².